The van der Waals surface area contributed by atoms with Gasteiger partial charge in [-0.2, -0.15) is 0 Å². The van der Waals surface area contributed by atoms with Gasteiger partial charge < -0.3 is 27.0 Å². The van der Waals surface area contributed by atoms with Gasteiger partial charge in [-0.3, -0.25) is 9.59 Å². The van der Waals surface area contributed by atoms with Gasteiger partial charge in [-0.05, 0) is 13.0 Å². The Bertz CT molecular complexity index is 369. The lowest BCUT2D eigenvalue weighted by Gasteiger charge is -2.22. The second-order valence-electron chi connectivity index (χ2n) is 7.80. The van der Waals surface area contributed by atoms with Crippen LogP contribution in [0.3, 0.4) is 0 Å². The van der Waals surface area contributed by atoms with Crippen molar-refractivity contribution in [2.75, 3.05) is 45.8 Å². The zero-order valence-electron chi connectivity index (χ0n) is 18.9. The predicted octanol–water partition coefficient (Wildman–Crippen LogP) is 2.14. The molecule has 0 bridgehead atoms. The Morgan fingerprint density at radius 1 is 0.655 bits per heavy atom. The fraction of sp³-hybridized carbons (Fsp3) is 0.909. The molecule has 29 heavy (non-hydrogen) atoms. The van der Waals surface area contributed by atoms with Crippen molar-refractivity contribution in [3.05, 3.63) is 0 Å². The zero-order chi connectivity index (χ0) is 21.6. The van der Waals surface area contributed by atoms with Crippen LogP contribution in [0, 0.1) is 0 Å². The summed E-state index contributed by atoms with van der Waals surface area (Å²) in [6.07, 6.45) is 13.9. The number of nitrogens with zero attached hydrogens (tertiary/aromatic N) is 1. The monoisotopic (exact) mass is 413 g/mol. The van der Waals surface area contributed by atoms with Crippen LogP contribution in [0.15, 0.2) is 0 Å². The Kier molecular flexibility index (Phi) is 20.7. The fourth-order valence-electron chi connectivity index (χ4n) is 3.28. The minimum atomic E-state index is 0.0242. The third-order valence-corrected chi connectivity index (χ3v) is 5.07. The first-order valence-corrected chi connectivity index (χ1v) is 11.8. The summed E-state index contributed by atoms with van der Waals surface area (Å²) in [5.41, 5.74) is 10.8. The number of hydrogen-bond donors (Lipinski definition) is 4. The van der Waals surface area contributed by atoms with Gasteiger partial charge in [0.2, 0.25) is 11.8 Å². The number of amides is 2. The van der Waals surface area contributed by atoms with E-state index in [1.54, 1.807) is 0 Å². The van der Waals surface area contributed by atoms with Gasteiger partial charge in [0.25, 0.3) is 0 Å². The van der Waals surface area contributed by atoms with E-state index in [0.29, 0.717) is 52.1 Å². The van der Waals surface area contributed by atoms with E-state index in [2.05, 4.69) is 22.5 Å². The lowest BCUT2D eigenvalue weighted by molar-refractivity contribution is -0.121. The molecule has 0 rings (SSSR count). The molecular weight excluding hydrogens is 366 g/mol. The van der Waals surface area contributed by atoms with E-state index >= 15 is 0 Å². The maximum atomic E-state index is 11.8. The van der Waals surface area contributed by atoms with Gasteiger partial charge in [-0.15, -0.1) is 0 Å². The van der Waals surface area contributed by atoms with E-state index in [1.165, 1.54) is 57.8 Å². The Morgan fingerprint density at radius 3 is 1.48 bits per heavy atom. The second-order valence-corrected chi connectivity index (χ2v) is 7.80. The molecule has 0 aliphatic carbocycles. The first-order valence-electron chi connectivity index (χ1n) is 11.8. The van der Waals surface area contributed by atoms with Crippen LogP contribution in [0.5, 0.6) is 0 Å². The highest BCUT2D eigenvalue weighted by molar-refractivity contribution is 5.76. The highest BCUT2D eigenvalue weighted by atomic mass is 16.2. The average molecular weight is 414 g/mol. The van der Waals surface area contributed by atoms with Gasteiger partial charge in [0.05, 0.1) is 0 Å². The Hall–Kier alpha value is -1.18. The fourth-order valence-corrected chi connectivity index (χ4v) is 3.28. The number of nitrogens with two attached hydrogens (primary N) is 2. The minimum Gasteiger partial charge on any atom is -0.355 e. The molecule has 0 unspecified atom stereocenters. The van der Waals surface area contributed by atoms with E-state index in [-0.39, 0.29) is 11.8 Å². The first kappa shape index (κ1) is 27.8. The number of carbonyl (C=O) groups is 2. The molecule has 0 atom stereocenters. The van der Waals surface area contributed by atoms with Crippen molar-refractivity contribution >= 4 is 11.8 Å². The highest BCUT2D eigenvalue weighted by Gasteiger charge is 2.10. The molecule has 0 aliphatic heterocycles. The van der Waals surface area contributed by atoms with Gasteiger partial charge in [0, 0.05) is 52.1 Å². The lowest BCUT2D eigenvalue weighted by Crippen LogP contribution is -2.36. The van der Waals surface area contributed by atoms with Crippen LogP contribution in [0.2, 0.25) is 0 Å². The topological polar surface area (TPSA) is 113 Å². The molecule has 7 heteroatoms. The van der Waals surface area contributed by atoms with Gasteiger partial charge >= 0.3 is 0 Å². The van der Waals surface area contributed by atoms with E-state index in [0.717, 1.165) is 13.0 Å². The molecule has 0 aromatic heterocycles. The molecule has 7 nitrogen and oxygen atoms in total. The molecule has 0 fully saturated rings. The summed E-state index contributed by atoms with van der Waals surface area (Å²) in [5.74, 6) is 0.0483. The normalized spacial score (nSPS) is 11.0. The van der Waals surface area contributed by atoms with Crippen LogP contribution in [0.1, 0.15) is 84.0 Å². The summed E-state index contributed by atoms with van der Waals surface area (Å²) in [5, 5.41) is 5.61. The van der Waals surface area contributed by atoms with Gasteiger partial charge in [-0.1, -0.05) is 64.7 Å². The van der Waals surface area contributed by atoms with Gasteiger partial charge in [-0.25, -0.2) is 0 Å². The second kappa shape index (κ2) is 21.5. The SMILES string of the molecule is CCCCCCCCCCCCN(CCC(=O)NCCN)CCC(=O)NCCN. The summed E-state index contributed by atoms with van der Waals surface area (Å²) in [4.78, 5) is 25.9. The first-order chi connectivity index (χ1) is 14.1. The molecule has 0 aliphatic rings. The molecular formula is C22H47N5O2. The molecule has 0 aromatic carbocycles. The van der Waals surface area contributed by atoms with Crippen molar-refractivity contribution < 1.29 is 9.59 Å². The summed E-state index contributed by atoms with van der Waals surface area (Å²) in [7, 11) is 0. The standard InChI is InChI=1S/C22H47N5O2/c1-2-3-4-5-6-7-8-9-10-11-18-27(19-12-21(28)25-16-14-23)20-13-22(29)26-17-15-24/h2-20,23-24H2,1H3,(H,25,28)(H,26,29). The zero-order valence-corrected chi connectivity index (χ0v) is 18.9. The number of rotatable bonds is 21. The Labute approximate surface area is 178 Å². The molecule has 0 aromatic rings. The lowest BCUT2D eigenvalue weighted by atomic mass is 10.1. The Balaban J connectivity index is 4.00. The summed E-state index contributed by atoms with van der Waals surface area (Å²) < 4.78 is 0. The van der Waals surface area contributed by atoms with Crippen LogP contribution in [-0.2, 0) is 9.59 Å². The van der Waals surface area contributed by atoms with E-state index in [4.69, 9.17) is 11.5 Å². The highest BCUT2D eigenvalue weighted by Crippen LogP contribution is 2.11. The molecule has 0 radical (unpaired) electrons. The summed E-state index contributed by atoms with van der Waals surface area (Å²) >= 11 is 0. The molecule has 0 spiro atoms. The quantitative estimate of drug-likeness (QED) is 0.215. The van der Waals surface area contributed by atoms with E-state index in [1.807, 2.05) is 0 Å². The molecule has 6 N–H and O–H groups in total. The number of unbranched alkanes of at least 4 members (excludes halogenated alkanes) is 9. The van der Waals surface area contributed by atoms with Gasteiger partial charge in [0.15, 0.2) is 0 Å². The average Bonchev–Trinajstić information content (AvgIpc) is 2.73. The van der Waals surface area contributed by atoms with Gasteiger partial charge in [0.1, 0.15) is 0 Å². The van der Waals surface area contributed by atoms with Crippen LogP contribution in [-0.4, -0.2) is 62.5 Å². The van der Waals surface area contributed by atoms with Crippen LogP contribution >= 0.6 is 0 Å². The van der Waals surface area contributed by atoms with Crippen LogP contribution in [0.25, 0.3) is 0 Å². The summed E-state index contributed by atoms with van der Waals surface area (Å²) in [6, 6.07) is 0. The number of carbonyl (C=O) groups excluding carboxylic acids is 2. The van der Waals surface area contributed by atoms with Crippen LogP contribution < -0.4 is 22.1 Å². The third kappa shape index (κ3) is 19.9. The van der Waals surface area contributed by atoms with Crippen molar-refractivity contribution in [2.45, 2.75) is 84.0 Å². The van der Waals surface area contributed by atoms with Crippen LogP contribution in [0.4, 0.5) is 0 Å². The smallest absolute Gasteiger partial charge is 0.221 e. The minimum absolute atomic E-state index is 0.0242. The predicted molar refractivity (Wildman–Crippen MR) is 122 cm³/mol. The maximum Gasteiger partial charge on any atom is 0.221 e. The molecule has 172 valence electrons. The number of nitrogens with one attached hydrogen (secondary N) is 2. The number of hydrogen-bond acceptors (Lipinski definition) is 5. The largest absolute Gasteiger partial charge is 0.355 e. The maximum absolute atomic E-state index is 11.8. The summed E-state index contributed by atoms with van der Waals surface area (Å²) in [6.45, 7) is 6.48. The van der Waals surface area contributed by atoms with Crippen molar-refractivity contribution in [2.24, 2.45) is 11.5 Å². The van der Waals surface area contributed by atoms with E-state index < -0.39 is 0 Å². The molecule has 0 heterocycles. The molecule has 0 saturated heterocycles. The molecule has 0 saturated carbocycles. The Morgan fingerprint density at radius 2 is 1.07 bits per heavy atom. The third-order valence-electron chi connectivity index (χ3n) is 5.07. The van der Waals surface area contributed by atoms with Crippen molar-refractivity contribution in [3.8, 4) is 0 Å². The molecule has 2 amide bonds. The van der Waals surface area contributed by atoms with E-state index in [9.17, 15) is 9.59 Å². The van der Waals surface area contributed by atoms with Crippen molar-refractivity contribution in [1.29, 1.82) is 0 Å². The van der Waals surface area contributed by atoms with Crippen molar-refractivity contribution in [3.63, 3.8) is 0 Å². The van der Waals surface area contributed by atoms with Crippen molar-refractivity contribution in [1.82, 2.24) is 15.5 Å².